The summed E-state index contributed by atoms with van der Waals surface area (Å²) in [4.78, 5) is 30.8. The maximum Gasteiger partial charge on any atom is 0.404 e. The molecule has 2 aromatic heterocycles. The van der Waals surface area contributed by atoms with Crippen molar-refractivity contribution < 1.29 is 14.3 Å². The van der Waals surface area contributed by atoms with Crippen LogP contribution in [0.3, 0.4) is 0 Å². The van der Waals surface area contributed by atoms with Gasteiger partial charge in [0, 0.05) is 31.2 Å². The quantitative estimate of drug-likeness (QED) is 0.603. The summed E-state index contributed by atoms with van der Waals surface area (Å²) in [7, 11) is 1.59. The van der Waals surface area contributed by atoms with Crippen LogP contribution in [0.2, 0.25) is 5.02 Å². The number of carboxylic acid groups (broad SMARTS) is 1. The van der Waals surface area contributed by atoms with Crippen molar-refractivity contribution in [3.63, 3.8) is 0 Å². The number of amides is 1. The van der Waals surface area contributed by atoms with E-state index in [-0.39, 0.29) is 34.7 Å². The summed E-state index contributed by atoms with van der Waals surface area (Å²) in [6, 6.07) is 5.82. The maximum atomic E-state index is 14.0. The van der Waals surface area contributed by atoms with Crippen LogP contribution in [-0.4, -0.2) is 44.4 Å². The van der Waals surface area contributed by atoms with Gasteiger partial charge in [0.25, 0.3) is 5.56 Å². The van der Waals surface area contributed by atoms with Gasteiger partial charge in [0.15, 0.2) is 0 Å². The molecule has 1 aliphatic heterocycles. The van der Waals surface area contributed by atoms with Gasteiger partial charge in [-0.2, -0.15) is 5.26 Å². The number of hydrogen-bond acceptors (Lipinski definition) is 5. The van der Waals surface area contributed by atoms with Gasteiger partial charge in [-0.25, -0.2) is 14.2 Å². The Kier molecular flexibility index (Phi) is 5.99. The van der Waals surface area contributed by atoms with Crippen molar-refractivity contribution in [1.82, 2.24) is 19.4 Å². The minimum Gasteiger partial charge on any atom is -0.465 e. The number of rotatable bonds is 4. The van der Waals surface area contributed by atoms with E-state index in [1.54, 1.807) is 18.5 Å². The highest BCUT2D eigenvalue weighted by Crippen LogP contribution is 2.33. The number of carbonyl (C=O) groups is 1. The molecule has 9 nitrogen and oxygen atoms in total. The average molecular weight is 473 g/mol. The van der Waals surface area contributed by atoms with E-state index in [0.717, 1.165) is 0 Å². The number of piperidine rings is 1. The topological polar surface area (TPSA) is 116 Å². The molecule has 1 saturated heterocycles. The first-order valence-corrected chi connectivity index (χ1v) is 10.8. The van der Waals surface area contributed by atoms with Crippen molar-refractivity contribution in [1.29, 1.82) is 5.26 Å². The van der Waals surface area contributed by atoms with E-state index in [9.17, 15) is 19.2 Å². The fourth-order valence-electron chi connectivity index (χ4n) is 4.34. The highest BCUT2D eigenvalue weighted by atomic mass is 35.5. The molecule has 0 bridgehead atoms. The third kappa shape index (κ3) is 4.12. The summed E-state index contributed by atoms with van der Waals surface area (Å²) in [6.07, 6.45) is 0.211. The molecule has 4 rings (SSSR count). The Morgan fingerprint density at radius 1 is 1.45 bits per heavy atom. The fraction of sp³-hybridized carbons (Fsp3) is 0.364. The number of aromatic nitrogens is 3. The Labute approximate surface area is 193 Å². The molecule has 1 fully saturated rings. The molecular formula is C22H22ClFN6O3. The normalized spacial score (nSPS) is 16.1. The van der Waals surface area contributed by atoms with Crippen LogP contribution in [-0.2, 0) is 13.6 Å². The van der Waals surface area contributed by atoms with E-state index < -0.39 is 11.9 Å². The number of anilines is 1. The van der Waals surface area contributed by atoms with Crippen LogP contribution in [0.25, 0.3) is 11.0 Å². The Hall–Kier alpha value is -3.58. The number of nitrogens with one attached hydrogen (secondary N) is 1. The monoisotopic (exact) mass is 472 g/mol. The first-order valence-electron chi connectivity index (χ1n) is 10.4. The highest BCUT2D eigenvalue weighted by Gasteiger charge is 2.30. The van der Waals surface area contributed by atoms with Crippen molar-refractivity contribution in [2.75, 3.05) is 18.0 Å². The molecule has 1 amide bonds. The molecule has 1 aliphatic rings. The number of fused-ring (bicyclic) bond motifs is 1. The molecule has 3 heterocycles. The summed E-state index contributed by atoms with van der Waals surface area (Å²) in [6.45, 7) is 2.58. The molecule has 2 N–H and O–H groups in total. The van der Waals surface area contributed by atoms with Gasteiger partial charge in [-0.15, -0.1) is 0 Å². The van der Waals surface area contributed by atoms with Crippen molar-refractivity contribution in [2.24, 2.45) is 7.05 Å². The second-order valence-electron chi connectivity index (χ2n) is 8.09. The van der Waals surface area contributed by atoms with Gasteiger partial charge in [0.1, 0.15) is 40.1 Å². The zero-order valence-corrected chi connectivity index (χ0v) is 18.9. The lowest BCUT2D eigenvalue weighted by molar-refractivity contribution is 0.188. The van der Waals surface area contributed by atoms with Crippen LogP contribution in [0.5, 0.6) is 0 Å². The summed E-state index contributed by atoms with van der Waals surface area (Å²) >= 11 is 6.32. The zero-order valence-electron chi connectivity index (χ0n) is 18.1. The molecule has 172 valence electrons. The molecule has 0 aliphatic carbocycles. The summed E-state index contributed by atoms with van der Waals surface area (Å²) in [5.74, 6) is 0.416. The van der Waals surface area contributed by atoms with Crippen LogP contribution in [0.1, 0.15) is 29.8 Å². The maximum absolute atomic E-state index is 14.0. The predicted molar refractivity (Wildman–Crippen MR) is 121 cm³/mol. The number of aryl methyl sites for hydroxylation is 1. The lowest BCUT2D eigenvalue weighted by Gasteiger charge is -2.35. The molecule has 0 saturated carbocycles. The molecule has 1 atom stereocenters. The lowest BCUT2D eigenvalue weighted by Crippen LogP contribution is -2.48. The number of halogens is 2. The SMILES string of the molecule is Cc1nc2c(C#N)c(N3CCC[C@@H](NC(=O)O)C3)n(Cc3cc(F)ccc3Cl)c2c(=O)n1C. The smallest absolute Gasteiger partial charge is 0.404 e. The number of nitrogens with zero attached hydrogens (tertiary/aromatic N) is 5. The van der Waals surface area contributed by atoms with Crippen molar-refractivity contribution in [2.45, 2.75) is 32.4 Å². The van der Waals surface area contributed by atoms with E-state index >= 15 is 0 Å². The number of benzene rings is 1. The largest absolute Gasteiger partial charge is 0.465 e. The standard InChI is InChI=1S/C22H22ClFN6O3/c1-12-26-18-16(9-25)20(29-7-3-4-15(11-29)27-22(32)33)30(19(18)21(31)28(12)2)10-13-8-14(24)5-6-17(13)23/h5-6,8,15,27H,3-4,7,10-11H2,1-2H3,(H,32,33)/t15-/m1/s1. The first kappa shape index (κ1) is 22.6. The van der Waals surface area contributed by atoms with E-state index in [4.69, 9.17) is 16.7 Å². The molecular weight excluding hydrogens is 451 g/mol. The van der Waals surface area contributed by atoms with Crippen molar-refractivity contribution in [3.05, 3.63) is 56.3 Å². The minimum atomic E-state index is -1.12. The minimum absolute atomic E-state index is 0.0393. The Morgan fingerprint density at radius 2 is 2.21 bits per heavy atom. The van der Waals surface area contributed by atoms with Crippen molar-refractivity contribution >= 4 is 34.5 Å². The van der Waals surface area contributed by atoms with Crippen LogP contribution in [0, 0.1) is 24.1 Å². The predicted octanol–water partition coefficient (Wildman–Crippen LogP) is 2.99. The van der Waals surface area contributed by atoms with E-state index in [0.29, 0.717) is 48.2 Å². The van der Waals surface area contributed by atoms with Crippen LogP contribution >= 0.6 is 11.6 Å². The Morgan fingerprint density at radius 3 is 2.91 bits per heavy atom. The van der Waals surface area contributed by atoms with Gasteiger partial charge in [-0.3, -0.25) is 9.36 Å². The lowest BCUT2D eigenvalue weighted by atomic mass is 10.1. The molecule has 33 heavy (non-hydrogen) atoms. The average Bonchev–Trinajstić information content (AvgIpc) is 3.07. The van der Waals surface area contributed by atoms with Crippen LogP contribution in [0.15, 0.2) is 23.0 Å². The van der Waals surface area contributed by atoms with E-state index in [1.807, 2.05) is 4.90 Å². The fourth-order valence-corrected chi connectivity index (χ4v) is 4.52. The molecule has 3 aromatic rings. The molecule has 11 heteroatoms. The van der Waals surface area contributed by atoms with E-state index in [1.165, 1.54) is 22.8 Å². The van der Waals surface area contributed by atoms with Crippen LogP contribution < -0.4 is 15.8 Å². The van der Waals surface area contributed by atoms with Gasteiger partial charge in [-0.1, -0.05) is 11.6 Å². The third-order valence-electron chi connectivity index (χ3n) is 5.97. The van der Waals surface area contributed by atoms with Gasteiger partial charge < -0.3 is 19.9 Å². The van der Waals surface area contributed by atoms with Gasteiger partial charge in [0.05, 0.1) is 6.54 Å². The third-order valence-corrected chi connectivity index (χ3v) is 6.34. The Balaban J connectivity index is 1.96. The van der Waals surface area contributed by atoms with Gasteiger partial charge >= 0.3 is 6.09 Å². The first-order chi connectivity index (χ1) is 15.7. The molecule has 0 unspecified atom stereocenters. The summed E-state index contributed by atoms with van der Waals surface area (Å²) < 4.78 is 17.0. The second kappa shape index (κ2) is 8.75. The van der Waals surface area contributed by atoms with Gasteiger partial charge in [-0.05, 0) is 43.5 Å². The molecule has 0 radical (unpaired) electrons. The van der Waals surface area contributed by atoms with Crippen molar-refractivity contribution in [3.8, 4) is 6.07 Å². The molecule has 1 aromatic carbocycles. The second-order valence-corrected chi connectivity index (χ2v) is 8.49. The number of nitriles is 1. The Bertz CT molecular complexity index is 1360. The highest BCUT2D eigenvalue weighted by molar-refractivity contribution is 6.31. The summed E-state index contributed by atoms with van der Waals surface area (Å²) in [5, 5.41) is 22.0. The molecule has 0 spiro atoms. The number of hydrogen-bond donors (Lipinski definition) is 2. The zero-order chi connectivity index (χ0) is 23.9. The van der Waals surface area contributed by atoms with Crippen LogP contribution in [0.4, 0.5) is 15.0 Å². The summed E-state index contributed by atoms with van der Waals surface area (Å²) in [5.41, 5.74) is 0.788. The van der Waals surface area contributed by atoms with E-state index in [2.05, 4.69) is 16.4 Å². The van der Waals surface area contributed by atoms with Gasteiger partial charge in [0.2, 0.25) is 0 Å².